The van der Waals surface area contributed by atoms with Gasteiger partial charge in [0.05, 0.1) is 15.4 Å². The Morgan fingerprint density at radius 3 is 2.17 bits per heavy atom. The summed E-state index contributed by atoms with van der Waals surface area (Å²) in [4.78, 5) is 32.6. The molecule has 2 atom stereocenters. The zero-order chi connectivity index (χ0) is 17.9. The lowest BCUT2D eigenvalue weighted by atomic mass is 9.85. The second-order valence-corrected chi connectivity index (χ2v) is 5.86. The van der Waals surface area contributed by atoms with Crippen molar-refractivity contribution in [3.8, 4) is 0 Å². The number of carbonyl (C=O) groups is 1. The molecule has 130 valence electrons. The molecule has 1 aliphatic carbocycles. The summed E-state index contributed by atoms with van der Waals surface area (Å²) in [6.45, 7) is 1.99. The number of benzene rings is 1. The summed E-state index contributed by atoms with van der Waals surface area (Å²) < 4.78 is 0. The Morgan fingerprint density at radius 1 is 1.17 bits per heavy atom. The first-order chi connectivity index (χ1) is 11.3. The molecule has 10 heteroatoms. The monoisotopic (exact) mass is 338 g/mol. The van der Waals surface area contributed by atoms with E-state index in [4.69, 9.17) is 5.21 Å². The van der Waals surface area contributed by atoms with Gasteiger partial charge in [-0.3, -0.25) is 30.2 Å². The van der Waals surface area contributed by atoms with Gasteiger partial charge in [-0.15, -0.1) is 0 Å². The molecule has 2 rings (SSSR count). The average Bonchev–Trinajstić information content (AvgIpc) is 2.55. The van der Waals surface area contributed by atoms with E-state index in [9.17, 15) is 25.0 Å². The molecular formula is C14H18N4O6. The summed E-state index contributed by atoms with van der Waals surface area (Å²) in [5.74, 6) is -0.836. The van der Waals surface area contributed by atoms with Crippen LogP contribution in [0.1, 0.15) is 43.0 Å². The molecule has 1 aliphatic rings. The highest BCUT2D eigenvalue weighted by atomic mass is 16.6. The maximum Gasteiger partial charge on any atom is 0.300 e. The average molecular weight is 338 g/mol. The van der Waals surface area contributed by atoms with Gasteiger partial charge in [0.25, 0.3) is 17.3 Å². The van der Waals surface area contributed by atoms with E-state index in [1.807, 2.05) is 6.92 Å². The second-order valence-electron chi connectivity index (χ2n) is 5.86. The molecule has 1 amide bonds. The van der Waals surface area contributed by atoms with Crippen molar-refractivity contribution in [2.24, 2.45) is 5.92 Å². The summed E-state index contributed by atoms with van der Waals surface area (Å²) >= 11 is 0. The highest BCUT2D eigenvalue weighted by Gasteiger charge is 2.32. The minimum atomic E-state index is -1.06. The number of hydrogen-bond acceptors (Lipinski definition) is 7. The van der Waals surface area contributed by atoms with Crippen LogP contribution in [-0.4, -0.2) is 27.0 Å². The molecule has 0 spiro atoms. The van der Waals surface area contributed by atoms with Crippen LogP contribution in [0.5, 0.6) is 0 Å². The molecule has 1 aromatic carbocycles. The van der Waals surface area contributed by atoms with Gasteiger partial charge in [-0.2, -0.15) is 0 Å². The Bertz CT molecular complexity index is 642. The van der Waals surface area contributed by atoms with Crippen molar-refractivity contribution < 1.29 is 19.8 Å². The Hall–Kier alpha value is -2.75. The predicted octanol–water partition coefficient (Wildman–Crippen LogP) is 2.61. The van der Waals surface area contributed by atoms with Crippen molar-refractivity contribution in [2.75, 3.05) is 5.32 Å². The molecule has 0 bridgehead atoms. The van der Waals surface area contributed by atoms with Gasteiger partial charge in [0.15, 0.2) is 5.69 Å². The molecule has 1 fully saturated rings. The Kier molecular flexibility index (Phi) is 5.29. The van der Waals surface area contributed by atoms with Crippen LogP contribution in [0.2, 0.25) is 0 Å². The Balaban J connectivity index is 2.52. The van der Waals surface area contributed by atoms with E-state index in [1.165, 1.54) is 5.48 Å². The topological polar surface area (TPSA) is 148 Å². The van der Waals surface area contributed by atoms with Gasteiger partial charge in [0.1, 0.15) is 0 Å². The largest absolute Gasteiger partial charge is 0.371 e. The van der Waals surface area contributed by atoms with Crippen LogP contribution >= 0.6 is 0 Å². The number of anilines is 1. The van der Waals surface area contributed by atoms with Crippen LogP contribution in [0.3, 0.4) is 0 Å². The van der Waals surface area contributed by atoms with Crippen molar-refractivity contribution in [1.29, 1.82) is 0 Å². The predicted molar refractivity (Wildman–Crippen MR) is 84.0 cm³/mol. The first kappa shape index (κ1) is 17.6. The van der Waals surface area contributed by atoms with Gasteiger partial charge >= 0.3 is 0 Å². The highest BCUT2D eigenvalue weighted by Crippen LogP contribution is 2.38. The molecule has 0 heterocycles. The minimum Gasteiger partial charge on any atom is -0.371 e. The fourth-order valence-corrected chi connectivity index (χ4v) is 2.96. The van der Waals surface area contributed by atoms with E-state index in [2.05, 4.69) is 5.32 Å². The van der Waals surface area contributed by atoms with Crippen LogP contribution in [0.25, 0.3) is 0 Å². The number of amides is 1. The number of hydrogen-bond donors (Lipinski definition) is 3. The number of nitrogens with zero attached hydrogens (tertiary/aromatic N) is 2. The lowest BCUT2D eigenvalue weighted by molar-refractivity contribution is -0.392. The van der Waals surface area contributed by atoms with Crippen molar-refractivity contribution in [1.82, 2.24) is 5.48 Å². The second kappa shape index (κ2) is 7.21. The highest BCUT2D eigenvalue weighted by molar-refractivity contribution is 5.96. The fraction of sp³-hybridized carbons (Fsp3) is 0.500. The molecule has 0 aliphatic heterocycles. The SMILES string of the molecule is CC1CCCCC1Nc1c([N+](=O)[O-])cc(C(=O)NO)cc1[N+](=O)[O-]. The van der Waals surface area contributed by atoms with Gasteiger partial charge in [0.2, 0.25) is 0 Å². The van der Waals surface area contributed by atoms with Gasteiger partial charge in [-0.05, 0) is 18.8 Å². The smallest absolute Gasteiger partial charge is 0.300 e. The zero-order valence-corrected chi connectivity index (χ0v) is 13.0. The third kappa shape index (κ3) is 3.59. The third-order valence-corrected chi connectivity index (χ3v) is 4.30. The van der Waals surface area contributed by atoms with Crippen LogP contribution in [0, 0.1) is 26.1 Å². The number of nitrogens with one attached hydrogen (secondary N) is 2. The van der Waals surface area contributed by atoms with Crippen LogP contribution in [0.4, 0.5) is 17.1 Å². The van der Waals surface area contributed by atoms with E-state index < -0.39 is 27.1 Å². The van der Waals surface area contributed by atoms with E-state index in [1.54, 1.807) is 0 Å². The molecule has 0 saturated heterocycles. The van der Waals surface area contributed by atoms with Crippen molar-refractivity contribution in [3.63, 3.8) is 0 Å². The number of nitro benzene ring substituents is 2. The summed E-state index contributed by atoms with van der Waals surface area (Å²) in [5.41, 5.74) is -0.394. The molecule has 10 nitrogen and oxygen atoms in total. The normalized spacial score (nSPS) is 20.2. The van der Waals surface area contributed by atoms with Crippen LogP contribution in [0.15, 0.2) is 12.1 Å². The first-order valence-electron chi connectivity index (χ1n) is 7.53. The molecule has 1 saturated carbocycles. The molecule has 24 heavy (non-hydrogen) atoms. The summed E-state index contributed by atoms with van der Waals surface area (Å²) in [5, 5.41) is 34.3. The van der Waals surface area contributed by atoms with Crippen LogP contribution < -0.4 is 10.8 Å². The van der Waals surface area contributed by atoms with E-state index in [0.29, 0.717) is 0 Å². The molecule has 0 radical (unpaired) electrons. The maximum atomic E-state index is 11.5. The van der Waals surface area contributed by atoms with E-state index in [0.717, 1.165) is 37.8 Å². The summed E-state index contributed by atoms with van der Waals surface area (Å²) in [6.07, 6.45) is 3.69. The number of nitro groups is 2. The van der Waals surface area contributed by atoms with Crippen molar-refractivity contribution in [2.45, 2.75) is 38.6 Å². The van der Waals surface area contributed by atoms with Crippen molar-refractivity contribution >= 4 is 23.0 Å². The molecule has 2 unspecified atom stereocenters. The number of carbonyl (C=O) groups excluding carboxylic acids is 1. The van der Waals surface area contributed by atoms with Gasteiger partial charge in [0, 0.05) is 18.2 Å². The van der Waals surface area contributed by atoms with Crippen molar-refractivity contribution in [3.05, 3.63) is 37.9 Å². The van der Waals surface area contributed by atoms with Gasteiger partial charge < -0.3 is 5.32 Å². The maximum absolute atomic E-state index is 11.5. The molecular weight excluding hydrogens is 320 g/mol. The summed E-state index contributed by atoms with van der Waals surface area (Å²) in [6, 6.07) is 1.71. The summed E-state index contributed by atoms with van der Waals surface area (Å²) in [7, 11) is 0. The zero-order valence-electron chi connectivity index (χ0n) is 13.0. The van der Waals surface area contributed by atoms with E-state index >= 15 is 0 Å². The van der Waals surface area contributed by atoms with Crippen LogP contribution in [-0.2, 0) is 0 Å². The van der Waals surface area contributed by atoms with Gasteiger partial charge in [-0.25, -0.2) is 5.48 Å². The van der Waals surface area contributed by atoms with E-state index in [-0.39, 0.29) is 23.2 Å². The molecule has 3 N–H and O–H groups in total. The lowest BCUT2D eigenvalue weighted by Gasteiger charge is -2.30. The first-order valence-corrected chi connectivity index (χ1v) is 7.53. The standard InChI is InChI=1S/C14H18N4O6/c1-8-4-2-3-5-10(8)15-13-11(17(21)22)6-9(14(19)16-20)7-12(13)18(23)24/h6-8,10,15,20H,2-5H2,1H3,(H,16,19). The molecule has 0 aromatic heterocycles. The Morgan fingerprint density at radius 2 is 1.71 bits per heavy atom. The number of hydroxylamine groups is 1. The quantitative estimate of drug-likeness (QED) is 0.424. The lowest BCUT2D eigenvalue weighted by Crippen LogP contribution is -2.31. The minimum absolute atomic E-state index is 0.117. The molecule has 1 aromatic rings. The number of rotatable bonds is 5. The fourth-order valence-electron chi connectivity index (χ4n) is 2.96. The third-order valence-electron chi connectivity index (χ3n) is 4.30. The Labute approximate surface area is 137 Å². The van der Waals surface area contributed by atoms with Gasteiger partial charge in [-0.1, -0.05) is 19.8 Å².